The molecule has 24 heavy (non-hydrogen) atoms. The highest BCUT2D eigenvalue weighted by Gasteiger charge is 2.53. The fourth-order valence-electron chi connectivity index (χ4n) is 3.46. The van der Waals surface area contributed by atoms with Crippen LogP contribution in [0, 0.1) is 6.92 Å². The van der Waals surface area contributed by atoms with Crippen molar-refractivity contribution in [2.75, 3.05) is 5.32 Å². The Kier molecular flexibility index (Phi) is 3.59. The molecule has 0 unspecified atom stereocenters. The summed E-state index contributed by atoms with van der Waals surface area (Å²) in [5, 5.41) is 4.94. The molecule has 0 atom stereocenters. The highest BCUT2D eigenvalue weighted by atomic mass is 35.5. The topological polar surface area (TPSA) is 44.9 Å². The van der Waals surface area contributed by atoms with Gasteiger partial charge < -0.3 is 10.3 Å². The SMILES string of the molecule is Cc1[nH]c2ccccc2c1C1(C(=O)Nc2c(Cl)cccc2Cl)CC1. The molecule has 1 aromatic heterocycles. The number of hydrogen-bond acceptors (Lipinski definition) is 1. The summed E-state index contributed by atoms with van der Waals surface area (Å²) in [7, 11) is 0. The van der Waals surface area contributed by atoms with E-state index in [0.717, 1.165) is 35.0 Å². The molecule has 4 rings (SSSR count). The largest absolute Gasteiger partial charge is 0.358 e. The van der Waals surface area contributed by atoms with Gasteiger partial charge in [-0.05, 0) is 43.5 Å². The number of carbonyl (C=O) groups is 1. The van der Waals surface area contributed by atoms with Gasteiger partial charge in [0.15, 0.2) is 0 Å². The van der Waals surface area contributed by atoms with Crippen LogP contribution in [0.2, 0.25) is 10.0 Å². The number of para-hydroxylation sites is 2. The van der Waals surface area contributed by atoms with Crippen molar-refractivity contribution in [2.45, 2.75) is 25.2 Å². The molecule has 2 N–H and O–H groups in total. The number of H-pyrrole nitrogens is 1. The zero-order valence-corrected chi connectivity index (χ0v) is 14.6. The van der Waals surface area contributed by atoms with E-state index in [4.69, 9.17) is 23.2 Å². The lowest BCUT2D eigenvalue weighted by atomic mass is 9.92. The van der Waals surface area contributed by atoms with Gasteiger partial charge >= 0.3 is 0 Å². The van der Waals surface area contributed by atoms with Gasteiger partial charge in [-0.3, -0.25) is 4.79 Å². The standard InChI is InChI=1S/C19H16Cl2N2O/c1-11-16(12-5-2-3-8-15(12)22-11)19(9-10-19)18(24)23-17-13(20)6-4-7-14(17)21/h2-8,22H,9-10H2,1H3,(H,23,24). The van der Waals surface area contributed by atoms with E-state index < -0.39 is 5.41 Å². The fraction of sp³-hybridized carbons (Fsp3) is 0.211. The molecule has 3 nitrogen and oxygen atoms in total. The van der Waals surface area contributed by atoms with Gasteiger partial charge in [0.1, 0.15) is 0 Å². The van der Waals surface area contributed by atoms with Crippen LogP contribution in [-0.4, -0.2) is 10.9 Å². The minimum Gasteiger partial charge on any atom is -0.358 e. The Hall–Kier alpha value is -1.97. The van der Waals surface area contributed by atoms with Crippen molar-refractivity contribution in [3.63, 3.8) is 0 Å². The van der Waals surface area contributed by atoms with Crippen molar-refractivity contribution < 1.29 is 4.79 Å². The number of rotatable bonds is 3. The first-order valence-corrected chi connectivity index (χ1v) is 8.62. The predicted molar refractivity (Wildman–Crippen MR) is 99.0 cm³/mol. The monoisotopic (exact) mass is 358 g/mol. The van der Waals surface area contributed by atoms with E-state index in [0.29, 0.717) is 15.7 Å². The normalized spacial score (nSPS) is 15.5. The first-order chi connectivity index (χ1) is 11.5. The Balaban J connectivity index is 1.75. The Bertz CT molecular complexity index is 937. The number of hydrogen-bond donors (Lipinski definition) is 2. The second-order valence-electron chi connectivity index (χ2n) is 6.30. The molecule has 0 aliphatic heterocycles. The molecule has 1 fully saturated rings. The van der Waals surface area contributed by atoms with Crippen LogP contribution >= 0.6 is 23.2 Å². The highest BCUT2D eigenvalue weighted by molar-refractivity contribution is 6.39. The van der Waals surface area contributed by atoms with E-state index in [1.54, 1.807) is 18.2 Å². The molecule has 1 amide bonds. The average Bonchev–Trinajstić information content (AvgIpc) is 3.28. The third-order valence-corrected chi connectivity index (χ3v) is 5.39. The number of anilines is 1. The molecule has 0 bridgehead atoms. The number of aromatic nitrogens is 1. The smallest absolute Gasteiger partial charge is 0.235 e. The Morgan fingerprint density at radius 2 is 1.75 bits per heavy atom. The maximum atomic E-state index is 13.1. The number of benzene rings is 2. The summed E-state index contributed by atoms with van der Waals surface area (Å²) in [6.45, 7) is 2.02. The molecule has 122 valence electrons. The van der Waals surface area contributed by atoms with Gasteiger partial charge in [-0.2, -0.15) is 0 Å². The van der Waals surface area contributed by atoms with Crippen LogP contribution < -0.4 is 5.32 Å². The molecule has 0 radical (unpaired) electrons. The van der Waals surface area contributed by atoms with Crippen LogP contribution in [0.1, 0.15) is 24.1 Å². The van der Waals surface area contributed by atoms with E-state index in [1.807, 2.05) is 25.1 Å². The lowest BCUT2D eigenvalue weighted by molar-refractivity contribution is -0.118. The maximum Gasteiger partial charge on any atom is 0.235 e. The van der Waals surface area contributed by atoms with Gasteiger partial charge in [0.2, 0.25) is 5.91 Å². The molecule has 1 aliphatic carbocycles. The van der Waals surface area contributed by atoms with Crippen molar-refractivity contribution in [1.82, 2.24) is 4.98 Å². The summed E-state index contributed by atoms with van der Waals surface area (Å²) >= 11 is 12.4. The second-order valence-corrected chi connectivity index (χ2v) is 7.12. The first-order valence-electron chi connectivity index (χ1n) is 7.86. The predicted octanol–water partition coefficient (Wildman–Crippen LogP) is 5.45. The van der Waals surface area contributed by atoms with Crippen molar-refractivity contribution in [2.24, 2.45) is 0 Å². The van der Waals surface area contributed by atoms with Crippen LogP contribution in [0.25, 0.3) is 10.9 Å². The number of fused-ring (bicyclic) bond motifs is 1. The molecule has 1 saturated carbocycles. The van der Waals surface area contributed by atoms with Crippen LogP contribution in [0.3, 0.4) is 0 Å². The number of halogens is 2. The maximum absolute atomic E-state index is 13.1. The van der Waals surface area contributed by atoms with Crippen molar-refractivity contribution in [3.05, 3.63) is 63.8 Å². The van der Waals surface area contributed by atoms with E-state index in [9.17, 15) is 4.79 Å². The van der Waals surface area contributed by atoms with E-state index >= 15 is 0 Å². The number of carbonyl (C=O) groups excluding carboxylic acids is 1. The van der Waals surface area contributed by atoms with Gasteiger partial charge in [-0.15, -0.1) is 0 Å². The van der Waals surface area contributed by atoms with Gasteiger partial charge in [-0.25, -0.2) is 0 Å². The molecule has 1 aliphatic rings. The van der Waals surface area contributed by atoms with E-state index in [2.05, 4.69) is 16.4 Å². The summed E-state index contributed by atoms with van der Waals surface area (Å²) in [5.74, 6) is -0.0506. The molecule has 3 aromatic rings. The van der Waals surface area contributed by atoms with Gasteiger partial charge in [0.05, 0.1) is 21.1 Å². The number of amides is 1. The number of nitrogens with one attached hydrogen (secondary N) is 2. The third-order valence-electron chi connectivity index (χ3n) is 4.76. The Labute approximate surface area is 150 Å². The lowest BCUT2D eigenvalue weighted by Crippen LogP contribution is -2.28. The van der Waals surface area contributed by atoms with Crippen LogP contribution in [0.5, 0.6) is 0 Å². The number of aryl methyl sites for hydroxylation is 1. The fourth-order valence-corrected chi connectivity index (χ4v) is 3.95. The highest BCUT2D eigenvalue weighted by Crippen LogP contribution is 2.52. The van der Waals surface area contributed by atoms with Crippen molar-refractivity contribution >= 4 is 45.7 Å². The van der Waals surface area contributed by atoms with E-state index in [1.165, 1.54) is 0 Å². The Morgan fingerprint density at radius 1 is 1.08 bits per heavy atom. The zero-order chi connectivity index (χ0) is 16.9. The van der Waals surface area contributed by atoms with E-state index in [-0.39, 0.29) is 5.91 Å². The first kappa shape index (κ1) is 15.6. The van der Waals surface area contributed by atoms with Gasteiger partial charge in [0, 0.05) is 16.6 Å². The molecule has 5 heteroatoms. The van der Waals surface area contributed by atoms with Gasteiger partial charge in [0.25, 0.3) is 0 Å². The van der Waals surface area contributed by atoms with Crippen LogP contribution in [0.15, 0.2) is 42.5 Å². The summed E-state index contributed by atoms with van der Waals surface area (Å²) in [6, 6.07) is 13.3. The second kappa shape index (κ2) is 5.54. The van der Waals surface area contributed by atoms with Gasteiger partial charge in [-0.1, -0.05) is 47.5 Å². The summed E-state index contributed by atoms with van der Waals surface area (Å²) in [5.41, 5.74) is 3.15. The zero-order valence-electron chi connectivity index (χ0n) is 13.1. The van der Waals surface area contributed by atoms with Crippen molar-refractivity contribution in [3.8, 4) is 0 Å². The average molecular weight is 359 g/mol. The number of aromatic amines is 1. The Morgan fingerprint density at radius 3 is 2.42 bits per heavy atom. The van der Waals surface area contributed by atoms with Crippen LogP contribution in [0.4, 0.5) is 5.69 Å². The minimum absolute atomic E-state index is 0.0506. The van der Waals surface area contributed by atoms with Crippen molar-refractivity contribution in [1.29, 1.82) is 0 Å². The third kappa shape index (κ3) is 2.31. The quantitative estimate of drug-likeness (QED) is 0.641. The lowest BCUT2D eigenvalue weighted by Gasteiger charge is -2.17. The summed E-state index contributed by atoms with van der Waals surface area (Å²) < 4.78 is 0. The van der Waals surface area contributed by atoms with Crippen LogP contribution in [-0.2, 0) is 10.2 Å². The minimum atomic E-state index is -0.508. The summed E-state index contributed by atoms with van der Waals surface area (Å²) in [4.78, 5) is 16.4. The molecule has 0 spiro atoms. The molecule has 0 saturated heterocycles. The molecule has 2 aromatic carbocycles. The molecular formula is C19H16Cl2N2O. The summed E-state index contributed by atoms with van der Waals surface area (Å²) in [6.07, 6.45) is 1.65. The molecule has 1 heterocycles. The molecular weight excluding hydrogens is 343 g/mol.